The molecule has 3 aliphatic heterocycles. The Kier molecular flexibility index (Phi) is 6.74. The first-order chi connectivity index (χ1) is 17.1. The highest BCUT2D eigenvalue weighted by atomic mass is 16.6. The molecule has 0 spiro atoms. The van der Waals surface area contributed by atoms with Crippen molar-refractivity contribution in [1.82, 2.24) is 14.7 Å². The molecule has 0 N–H and O–H groups in total. The Hall–Kier alpha value is -2.61. The minimum Gasteiger partial charge on any atom is -0.444 e. The van der Waals surface area contributed by atoms with Crippen molar-refractivity contribution in [2.75, 3.05) is 19.7 Å². The Labute approximate surface area is 213 Å². The number of carbonyl (C=O) groups excluding carboxylic acids is 3. The molecule has 5 atom stereocenters. The van der Waals surface area contributed by atoms with Crippen molar-refractivity contribution in [1.29, 1.82) is 0 Å². The van der Waals surface area contributed by atoms with Crippen molar-refractivity contribution in [3.05, 3.63) is 35.4 Å². The third-order valence-corrected chi connectivity index (χ3v) is 7.85. The number of likely N-dealkylation sites (tertiary alicyclic amines) is 1. The van der Waals surface area contributed by atoms with Crippen LogP contribution in [0, 0.1) is 5.92 Å². The van der Waals surface area contributed by atoms with Gasteiger partial charge in [-0.3, -0.25) is 14.5 Å². The number of benzene rings is 1. The summed E-state index contributed by atoms with van der Waals surface area (Å²) in [4.78, 5) is 46.0. The van der Waals surface area contributed by atoms with Crippen molar-refractivity contribution < 1.29 is 23.9 Å². The van der Waals surface area contributed by atoms with E-state index >= 15 is 0 Å². The predicted molar refractivity (Wildman–Crippen MR) is 134 cm³/mol. The molecule has 0 aromatic heterocycles. The molecule has 0 unspecified atom stereocenters. The number of carbonyl (C=O) groups is 3. The van der Waals surface area contributed by atoms with Gasteiger partial charge in [0.2, 0.25) is 11.8 Å². The second-order valence-corrected chi connectivity index (χ2v) is 11.9. The zero-order valence-electron chi connectivity index (χ0n) is 21.9. The monoisotopic (exact) mass is 497 g/mol. The van der Waals surface area contributed by atoms with E-state index in [-0.39, 0.29) is 36.4 Å². The summed E-state index contributed by atoms with van der Waals surface area (Å²) in [7, 11) is 0. The Balaban J connectivity index is 1.36. The summed E-state index contributed by atoms with van der Waals surface area (Å²) in [5.74, 6) is 0.364. The molecule has 0 bridgehead atoms. The Morgan fingerprint density at radius 1 is 1.11 bits per heavy atom. The van der Waals surface area contributed by atoms with E-state index in [9.17, 15) is 14.4 Å². The molecule has 8 nitrogen and oxygen atoms in total. The van der Waals surface area contributed by atoms with Gasteiger partial charge in [-0.1, -0.05) is 24.3 Å². The second kappa shape index (κ2) is 9.69. The normalized spacial score (nSPS) is 29.8. The lowest BCUT2D eigenvalue weighted by Crippen LogP contribution is -2.55. The van der Waals surface area contributed by atoms with E-state index < -0.39 is 17.7 Å². The van der Waals surface area contributed by atoms with E-state index in [1.165, 1.54) is 5.56 Å². The number of fused-ring (bicyclic) bond motifs is 2. The van der Waals surface area contributed by atoms with Crippen LogP contribution in [0.5, 0.6) is 0 Å². The number of hydrogen-bond donors (Lipinski definition) is 0. The summed E-state index contributed by atoms with van der Waals surface area (Å²) in [5, 5.41) is 0. The zero-order valence-corrected chi connectivity index (χ0v) is 21.9. The van der Waals surface area contributed by atoms with Crippen LogP contribution in [0.25, 0.3) is 0 Å². The van der Waals surface area contributed by atoms with Crippen molar-refractivity contribution in [2.45, 2.75) is 96.2 Å². The van der Waals surface area contributed by atoms with Gasteiger partial charge in [0.15, 0.2) is 0 Å². The summed E-state index contributed by atoms with van der Waals surface area (Å²) in [6.45, 7) is 9.92. The second-order valence-electron chi connectivity index (χ2n) is 11.9. The number of piperidine rings is 1. The molecule has 1 aliphatic carbocycles. The van der Waals surface area contributed by atoms with Crippen molar-refractivity contribution in [3.63, 3.8) is 0 Å². The van der Waals surface area contributed by atoms with E-state index in [1.54, 1.807) is 4.90 Å². The van der Waals surface area contributed by atoms with Gasteiger partial charge in [0.05, 0.1) is 6.10 Å². The molecule has 36 heavy (non-hydrogen) atoms. The van der Waals surface area contributed by atoms with Crippen LogP contribution in [0.4, 0.5) is 4.79 Å². The van der Waals surface area contributed by atoms with Gasteiger partial charge in [-0.05, 0) is 70.4 Å². The Bertz CT molecular complexity index is 1020. The van der Waals surface area contributed by atoms with Crippen LogP contribution < -0.4 is 0 Å². The molecule has 4 aliphatic rings. The molecule has 5 rings (SSSR count). The predicted octanol–water partition coefficient (Wildman–Crippen LogP) is 3.37. The Morgan fingerprint density at radius 2 is 1.86 bits per heavy atom. The largest absolute Gasteiger partial charge is 0.444 e. The van der Waals surface area contributed by atoms with Crippen LogP contribution in [0.15, 0.2) is 24.3 Å². The molecule has 8 heteroatoms. The molecule has 1 saturated carbocycles. The lowest BCUT2D eigenvalue weighted by atomic mass is 9.91. The maximum absolute atomic E-state index is 14.1. The average Bonchev–Trinajstić information content (AvgIpc) is 3.53. The SMILES string of the molecule is C[C@@H]1CN(C(=O)C[C@H]2Cc3ccccc3CN2C(=O)[C@H]2C[C@H]3C[C@H]3N2C(=O)OC(C)(C)C)CCCO1. The van der Waals surface area contributed by atoms with Gasteiger partial charge < -0.3 is 19.3 Å². The fourth-order valence-electron chi connectivity index (χ4n) is 6.02. The van der Waals surface area contributed by atoms with Crippen LogP contribution in [-0.4, -0.2) is 82.1 Å². The van der Waals surface area contributed by atoms with Gasteiger partial charge in [0.1, 0.15) is 11.6 Å². The summed E-state index contributed by atoms with van der Waals surface area (Å²) < 4.78 is 11.4. The molecule has 3 fully saturated rings. The summed E-state index contributed by atoms with van der Waals surface area (Å²) in [6.07, 6.45) is 2.94. The molecular weight excluding hydrogens is 458 g/mol. The van der Waals surface area contributed by atoms with Crippen molar-refractivity contribution in [2.24, 2.45) is 5.92 Å². The molecule has 1 aromatic rings. The molecule has 3 heterocycles. The topological polar surface area (TPSA) is 79.4 Å². The highest BCUT2D eigenvalue weighted by Gasteiger charge is 2.58. The van der Waals surface area contributed by atoms with Crippen molar-refractivity contribution >= 4 is 17.9 Å². The molecular formula is C28H39N3O5. The lowest BCUT2D eigenvalue weighted by Gasteiger charge is -2.40. The highest BCUT2D eigenvalue weighted by molar-refractivity contribution is 5.88. The average molecular weight is 498 g/mol. The quantitative estimate of drug-likeness (QED) is 0.640. The van der Waals surface area contributed by atoms with Crippen LogP contribution in [-0.2, 0) is 32.0 Å². The van der Waals surface area contributed by atoms with E-state index in [0.717, 1.165) is 18.4 Å². The van der Waals surface area contributed by atoms with Gasteiger partial charge >= 0.3 is 6.09 Å². The zero-order chi connectivity index (χ0) is 25.6. The molecule has 2 saturated heterocycles. The van der Waals surface area contributed by atoms with Crippen LogP contribution in [0.1, 0.15) is 64.5 Å². The first-order valence-electron chi connectivity index (χ1n) is 13.4. The van der Waals surface area contributed by atoms with E-state index in [4.69, 9.17) is 9.47 Å². The molecule has 1 aromatic carbocycles. The van der Waals surface area contributed by atoms with Crippen LogP contribution in [0.2, 0.25) is 0 Å². The smallest absolute Gasteiger partial charge is 0.411 e. The summed E-state index contributed by atoms with van der Waals surface area (Å²) in [6, 6.07) is 7.47. The number of nitrogens with zero attached hydrogens (tertiary/aromatic N) is 3. The number of amides is 3. The number of hydrogen-bond acceptors (Lipinski definition) is 5. The maximum Gasteiger partial charge on any atom is 0.411 e. The minimum atomic E-state index is -0.620. The number of ether oxygens (including phenoxy) is 2. The summed E-state index contributed by atoms with van der Waals surface area (Å²) in [5.41, 5.74) is 1.67. The van der Waals surface area contributed by atoms with Gasteiger partial charge in [-0.2, -0.15) is 0 Å². The summed E-state index contributed by atoms with van der Waals surface area (Å²) >= 11 is 0. The van der Waals surface area contributed by atoms with E-state index in [1.807, 2.05) is 49.6 Å². The van der Waals surface area contributed by atoms with Crippen LogP contribution >= 0.6 is 0 Å². The van der Waals surface area contributed by atoms with Gasteiger partial charge in [0, 0.05) is 44.7 Å². The third kappa shape index (κ3) is 5.24. The molecule has 0 radical (unpaired) electrons. The first kappa shape index (κ1) is 25.1. The Morgan fingerprint density at radius 3 is 2.61 bits per heavy atom. The van der Waals surface area contributed by atoms with Crippen LogP contribution in [0.3, 0.4) is 0 Å². The first-order valence-corrected chi connectivity index (χ1v) is 13.4. The maximum atomic E-state index is 14.1. The molecule has 3 amide bonds. The lowest BCUT2D eigenvalue weighted by molar-refractivity contribution is -0.142. The fraction of sp³-hybridized carbons (Fsp3) is 0.679. The standard InChI is InChI=1S/C28H39N3O5/c1-18-16-29(10-7-11-35-18)25(32)15-22-12-19-8-5-6-9-20(19)17-30(22)26(33)24-14-21-13-23(21)31(24)27(34)36-28(2,3)4/h5-6,8-9,18,21-24H,7,10-17H2,1-4H3/t18-,21-,22-,23-,24-/m1/s1. The van der Waals surface area contributed by atoms with Gasteiger partial charge in [-0.25, -0.2) is 4.79 Å². The van der Waals surface area contributed by atoms with E-state index in [0.29, 0.717) is 45.0 Å². The fourth-order valence-corrected chi connectivity index (χ4v) is 6.02. The molecule has 196 valence electrons. The number of rotatable bonds is 3. The minimum absolute atomic E-state index is 0.00821. The third-order valence-electron chi connectivity index (χ3n) is 7.85. The van der Waals surface area contributed by atoms with E-state index in [2.05, 4.69) is 12.1 Å². The van der Waals surface area contributed by atoms with Crippen molar-refractivity contribution in [3.8, 4) is 0 Å². The van der Waals surface area contributed by atoms with Gasteiger partial charge in [-0.15, -0.1) is 0 Å². The highest BCUT2D eigenvalue weighted by Crippen LogP contribution is 2.49. The van der Waals surface area contributed by atoms with Gasteiger partial charge in [0.25, 0.3) is 0 Å².